The third-order valence-corrected chi connectivity index (χ3v) is 3.33. The van der Waals surface area contributed by atoms with E-state index in [1.807, 2.05) is 6.07 Å². The maximum Gasteiger partial charge on any atom is 0.265 e. The van der Waals surface area contributed by atoms with Crippen LogP contribution in [0.2, 0.25) is 0 Å². The number of fused-ring (bicyclic) bond motifs is 1. The third-order valence-electron chi connectivity index (χ3n) is 2.71. The Morgan fingerprint density at radius 1 is 1.35 bits per heavy atom. The molecule has 0 aliphatic heterocycles. The van der Waals surface area contributed by atoms with Gasteiger partial charge in [-0.05, 0) is 34.1 Å². The van der Waals surface area contributed by atoms with E-state index in [9.17, 15) is 0 Å². The maximum absolute atomic E-state index is 5.78. The molecule has 0 unspecified atom stereocenters. The molecule has 102 valence electrons. The first kappa shape index (κ1) is 12.7. The number of nitrogens with zero attached hydrogens (tertiary/aromatic N) is 3. The Balaban J connectivity index is 2.03. The Kier molecular flexibility index (Phi) is 3.19. The zero-order chi connectivity index (χ0) is 14.1. The van der Waals surface area contributed by atoms with Crippen molar-refractivity contribution in [1.82, 2.24) is 14.4 Å². The largest absolute Gasteiger partial charge is 0.497 e. The number of benzene rings is 1. The highest BCUT2D eigenvalue weighted by Gasteiger charge is 2.11. The molecule has 0 saturated carbocycles. The van der Waals surface area contributed by atoms with Crippen LogP contribution in [-0.2, 0) is 0 Å². The van der Waals surface area contributed by atoms with Gasteiger partial charge in [0, 0.05) is 12.4 Å². The number of hydrogen-bond donors (Lipinski definition) is 1. The number of hydrogen-bond acceptors (Lipinski definition) is 5. The number of anilines is 1. The molecule has 0 bridgehead atoms. The van der Waals surface area contributed by atoms with Gasteiger partial charge in [0.1, 0.15) is 17.3 Å². The average Bonchev–Trinajstić information content (AvgIpc) is 2.89. The van der Waals surface area contributed by atoms with Crippen molar-refractivity contribution < 1.29 is 9.47 Å². The number of methoxy groups -OCH3 is 1. The lowest BCUT2D eigenvalue weighted by Crippen LogP contribution is -1.99. The molecule has 0 saturated heterocycles. The molecular formula is C13H11BrN4O2. The van der Waals surface area contributed by atoms with E-state index in [2.05, 4.69) is 25.9 Å². The second kappa shape index (κ2) is 5.01. The minimum atomic E-state index is 0.348. The van der Waals surface area contributed by atoms with E-state index >= 15 is 0 Å². The minimum absolute atomic E-state index is 0.348. The summed E-state index contributed by atoms with van der Waals surface area (Å²) in [7, 11) is 1.61. The number of halogens is 1. The number of rotatable bonds is 3. The fraction of sp³-hybridized carbons (Fsp3) is 0.0769. The number of nitrogens with two attached hydrogens (primary N) is 1. The number of imidazole rings is 1. The van der Waals surface area contributed by atoms with Gasteiger partial charge in [0.25, 0.3) is 5.88 Å². The minimum Gasteiger partial charge on any atom is -0.497 e. The summed E-state index contributed by atoms with van der Waals surface area (Å²) in [5.41, 5.74) is 6.35. The van der Waals surface area contributed by atoms with Gasteiger partial charge in [-0.15, -0.1) is 0 Å². The van der Waals surface area contributed by atoms with Gasteiger partial charge < -0.3 is 15.2 Å². The highest BCUT2D eigenvalue weighted by atomic mass is 79.9. The van der Waals surface area contributed by atoms with Crippen LogP contribution in [0, 0.1) is 0 Å². The fourth-order valence-corrected chi connectivity index (χ4v) is 2.22. The van der Waals surface area contributed by atoms with E-state index in [1.165, 1.54) is 0 Å². The van der Waals surface area contributed by atoms with Crippen LogP contribution in [0.25, 0.3) is 5.65 Å². The molecule has 7 heteroatoms. The Morgan fingerprint density at radius 2 is 2.20 bits per heavy atom. The fourth-order valence-electron chi connectivity index (χ4n) is 1.79. The van der Waals surface area contributed by atoms with Crippen molar-refractivity contribution in [2.24, 2.45) is 0 Å². The van der Waals surface area contributed by atoms with Crippen LogP contribution in [0.1, 0.15) is 0 Å². The van der Waals surface area contributed by atoms with E-state index in [0.29, 0.717) is 23.1 Å². The molecule has 2 aromatic heterocycles. The van der Waals surface area contributed by atoms with Crippen LogP contribution in [0.4, 0.5) is 5.82 Å². The topological polar surface area (TPSA) is 74.7 Å². The van der Waals surface area contributed by atoms with Gasteiger partial charge in [0.15, 0.2) is 0 Å². The Hall–Kier alpha value is -2.28. The van der Waals surface area contributed by atoms with Gasteiger partial charge >= 0.3 is 0 Å². The normalized spacial score (nSPS) is 10.7. The molecule has 6 nitrogen and oxygen atoms in total. The third kappa shape index (κ3) is 2.27. The highest BCUT2D eigenvalue weighted by molar-refractivity contribution is 9.10. The molecule has 0 fully saturated rings. The molecule has 2 N–H and O–H groups in total. The van der Waals surface area contributed by atoms with E-state index in [1.54, 1.807) is 42.2 Å². The van der Waals surface area contributed by atoms with Gasteiger partial charge in [-0.2, -0.15) is 4.98 Å². The predicted molar refractivity (Wildman–Crippen MR) is 78.2 cm³/mol. The first-order valence-electron chi connectivity index (χ1n) is 5.78. The molecule has 0 amide bonds. The molecule has 20 heavy (non-hydrogen) atoms. The van der Waals surface area contributed by atoms with Crippen molar-refractivity contribution in [3.8, 4) is 17.4 Å². The van der Waals surface area contributed by atoms with Gasteiger partial charge in [-0.25, -0.2) is 4.98 Å². The Labute approximate surface area is 123 Å². The molecule has 0 spiro atoms. The van der Waals surface area contributed by atoms with Crippen molar-refractivity contribution in [2.75, 3.05) is 12.8 Å². The summed E-state index contributed by atoms with van der Waals surface area (Å²) in [6.07, 6.45) is 5.12. The van der Waals surface area contributed by atoms with Crippen LogP contribution >= 0.6 is 15.9 Å². The molecular weight excluding hydrogens is 324 g/mol. The summed E-state index contributed by atoms with van der Waals surface area (Å²) in [5, 5.41) is 0. The smallest absolute Gasteiger partial charge is 0.265 e. The summed E-state index contributed by atoms with van der Waals surface area (Å²) in [4.78, 5) is 8.37. The lowest BCUT2D eigenvalue weighted by Gasteiger charge is -2.09. The molecule has 0 atom stereocenters. The van der Waals surface area contributed by atoms with E-state index in [0.717, 1.165) is 10.2 Å². The Bertz CT molecular complexity index is 772. The SMILES string of the molecule is COc1ccc(Oc2nc(N)cn3ccnc23)c(Br)c1. The Morgan fingerprint density at radius 3 is 2.95 bits per heavy atom. The second-order valence-corrected chi connectivity index (χ2v) is 4.88. The lowest BCUT2D eigenvalue weighted by atomic mass is 10.3. The molecule has 3 aromatic rings. The van der Waals surface area contributed by atoms with Gasteiger partial charge in [-0.3, -0.25) is 4.40 Å². The highest BCUT2D eigenvalue weighted by Crippen LogP contribution is 2.33. The van der Waals surface area contributed by atoms with Crippen LogP contribution in [0.15, 0.2) is 41.3 Å². The zero-order valence-electron chi connectivity index (χ0n) is 10.6. The first-order chi connectivity index (χ1) is 9.67. The summed E-state index contributed by atoms with van der Waals surface area (Å²) in [5.74, 6) is 2.04. The maximum atomic E-state index is 5.78. The molecule has 2 heterocycles. The van der Waals surface area contributed by atoms with Crippen LogP contribution in [-0.4, -0.2) is 21.5 Å². The summed E-state index contributed by atoms with van der Waals surface area (Å²) in [6.45, 7) is 0. The van der Waals surface area contributed by atoms with Crippen LogP contribution in [0.3, 0.4) is 0 Å². The predicted octanol–water partition coefficient (Wildman–Crippen LogP) is 2.87. The van der Waals surface area contributed by atoms with Crippen molar-refractivity contribution >= 4 is 27.4 Å². The number of aromatic nitrogens is 3. The molecule has 0 aliphatic rings. The van der Waals surface area contributed by atoms with Crippen LogP contribution in [0.5, 0.6) is 17.4 Å². The van der Waals surface area contributed by atoms with Gasteiger partial charge in [0.05, 0.1) is 17.8 Å². The standard InChI is InChI=1S/C13H11BrN4O2/c1-19-8-2-3-10(9(14)6-8)20-13-12-16-4-5-18(12)7-11(15)17-13/h2-7H,15H2,1H3. The monoisotopic (exact) mass is 334 g/mol. The average molecular weight is 335 g/mol. The second-order valence-electron chi connectivity index (χ2n) is 4.03. The van der Waals surface area contributed by atoms with Crippen molar-refractivity contribution in [2.45, 2.75) is 0 Å². The summed E-state index contributed by atoms with van der Waals surface area (Å²) < 4.78 is 13.4. The molecule has 1 aromatic carbocycles. The van der Waals surface area contributed by atoms with Crippen molar-refractivity contribution in [3.63, 3.8) is 0 Å². The summed E-state index contributed by atoms with van der Waals surface area (Å²) >= 11 is 3.43. The van der Waals surface area contributed by atoms with Gasteiger partial charge in [-0.1, -0.05) is 0 Å². The van der Waals surface area contributed by atoms with Crippen molar-refractivity contribution in [3.05, 3.63) is 41.3 Å². The van der Waals surface area contributed by atoms with Crippen molar-refractivity contribution in [1.29, 1.82) is 0 Å². The number of ether oxygens (including phenoxy) is 2. The van der Waals surface area contributed by atoms with E-state index < -0.39 is 0 Å². The molecule has 3 rings (SSSR count). The lowest BCUT2D eigenvalue weighted by molar-refractivity contribution is 0.411. The zero-order valence-corrected chi connectivity index (χ0v) is 12.2. The molecule has 0 radical (unpaired) electrons. The molecule has 0 aliphatic carbocycles. The number of nitrogen functional groups attached to an aromatic ring is 1. The van der Waals surface area contributed by atoms with Crippen LogP contribution < -0.4 is 15.2 Å². The van der Waals surface area contributed by atoms with E-state index in [-0.39, 0.29) is 0 Å². The first-order valence-corrected chi connectivity index (χ1v) is 6.57. The summed E-state index contributed by atoms with van der Waals surface area (Å²) in [6, 6.07) is 5.40. The quantitative estimate of drug-likeness (QED) is 0.797. The van der Waals surface area contributed by atoms with E-state index in [4.69, 9.17) is 15.2 Å². The van der Waals surface area contributed by atoms with Gasteiger partial charge in [0.2, 0.25) is 5.65 Å².